The third kappa shape index (κ3) is 6.56. The van der Waals surface area contributed by atoms with Gasteiger partial charge in [-0.2, -0.15) is 0 Å². The van der Waals surface area contributed by atoms with Crippen molar-refractivity contribution in [3.05, 3.63) is 0 Å². The maximum atomic E-state index is 3.58. The first kappa shape index (κ1) is 15.4. The van der Waals surface area contributed by atoms with E-state index in [0.717, 1.165) is 6.54 Å². The third-order valence-corrected chi connectivity index (χ3v) is 6.07. The third-order valence-electron chi connectivity index (χ3n) is 2.31. The summed E-state index contributed by atoms with van der Waals surface area (Å²) in [4.78, 5) is 0. The van der Waals surface area contributed by atoms with E-state index in [2.05, 4.69) is 61.6 Å². The van der Waals surface area contributed by atoms with Crippen LogP contribution in [0, 0.1) is 0 Å². The van der Waals surface area contributed by atoms with Gasteiger partial charge in [-0.25, -0.2) is 0 Å². The van der Waals surface area contributed by atoms with Crippen molar-refractivity contribution in [1.82, 2.24) is 13.0 Å². The van der Waals surface area contributed by atoms with Gasteiger partial charge in [-0.3, -0.25) is 0 Å². The van der Waals surface area contributed by atoms with Gasteiger partial charge in [-0.1, -0.05) is 0 Å². The van der Waals surface area contributed by atoms with Crippen LogP contribution >= 0.6 is 0 Å². The Labute approximate surface area is 103 Å². The number of nitrogens with one attached hydrogen (secondary N) is 1. The predicted molar refractivity (Wildman–Crippen MR) is 68.8 cm³/mol. The Bertz CT molecular complexity index is 162. The van der Waals surface area contributed by atoms with E-state index in [1.165, 1.54) is 0 Å². The van der Waals surface area contributed by atoms with E-state index in [-0.39, 0.29) is 15.9 Å². The summed E-state index contributed by atoms with van der Waals surface area (Å²) >= 11 is -0.153. The second-order valence-corrected chi connectivity index (χ2v) is 7.72. The molecule has 0 saturated heterocycles. The van der Waals surface area contributed by atoms with E-state index in [1.54, 1.807) is 0 Å². The monoisotopic (exact) mass is 275 g/mol. The standard InChI is InChI=1S/C11H27GeN3/c1-8-14(7)12-15(10(4)5)11(6)13-9(2)3/h9-11,13H,8H2,1-7H3. The van der Waals surface area contributed by atoms with E-state index in [0.29, 0.717) is 18.2 Å². The summed E-state index contributed by atoms with van der Waals surface area (Å²) in [7, 11) is 2.22. The zero-order valence-electron chi connectivity index (χ0n) is 11.3. The van der Waals surface area contributed by atoms with Gasteiger partial charge in [0, 0.05) is 0 Å². The van der Waals surface area contributed by atoms with E-state index in [1.807, 2.05) is 0 Å². The zero-order valence-corrected chi connectivity index (χ0v) is 13.4. The summed E-state index contributed by atoms with van der Waals surface area (Å²) < 4.78 is 5.06. The van der Waals surface area contributed by atoms with Crippen LogP contribution in [0.4, 0.5) is 0 Å². The van der Waals surface area contributed by atoms with Crippen LogP contribution in [0.2, 0.25) is 0 Å². The molecule has 0 heterocycles. The molecule has 0 rings (SSSR count). The van der Waals surface area contributed by atoms with E-state index in [9.17, 15) is 0 Å². The zero-order chi connectivity index (χ0) is 12.0. The fraction of sp³-hybridized carbons (Fsp3) is 1.00. The predicted octanol–water partition coefficient (Wildman–Crippen LogP) is 1.53. The number of rotatable bonds is 7. The maximum absolute atomic E-state index is 3.58. The topological polar surface area (TPSA) is 18.5 Å². The van der Waals surface area contributed by atoms with E-state index in [4.69, 9.17) is 0 Å². The summed E-state index contributed by atoms with van der Waals surface area (Å²) in [6, 6.07) is 1.18. The number of nitrogens with zero attached hydrogens (tertiary/aromatic N) is 2. The summed E-state index contributed by atoms with van der Waals surface area (Å²) in [5, 5.41) is 3.58. The van der Waals surface area contributed by atoms with Crippen LogP contribution in [0.15, 0.2) is 0 Å². The normalized spacial score (nSPS) is 14.6. The van der Waals surface area contributed by atoms with Gasteiger partial charge in [0.1, 0.15) is 0 Å². The van der Waals surface area contributed by atoms with Gasteiger partial charge < -0.3 is 0 Å². The minimum absolute atomic E-state index is 0.153. The molecule has 15 heavy (non-hydrogen) atoms. The van der Waals surface area contributed by atoms with Crippen LogP contribution in [0.25, 0.3) is 0 Å². The van der Waals surface area contributed by atoms with E-state index < -0.39 is 0 Å². The first-order valence-corrected chi connectivity index (χ1v) is 7.77. The molecule has 90 valence electrons. The van der Waals surface area contributed by atoms with Gasteiger partial charge in [0.2, 0.25) is 0 Å². The molecule has 4 heteroatoms. The van der Waals surface area contributed by atoms with Gasteiger partial charge in [0.25, 0.3) is 0 Å². The molecule has 0 aromatic heterocycles. The summed E-state index contributed by atoms with van der Waals surface area (Å²) in [5.74, 6) is 0. The van der Waals surface area contributed by atoms with Crippen LogP contribution < -0.4 is 5.32 Å². The van der Waals surface area contributed by atoms with Crippen molar-refractivity contribution in [2.24, 2.45) is 0 Å². The second-order valence-electron chi connectivity index (χ2n) is 4.61. The first-order chi connectivity index (χ1) is 6.88. The average molecular weight is 274 g/mol. The molecule has 0 aliphatic carbocycles. The van der Waals surface area contributed by atoms with Crippen LogP contribution in [-0.4, -0.2) is 55.4 Å². The molecular formula is C11H27GeN3. The van der Waals surface area contributed by atoms with Crippen LogP contribution in [0.3, 0.4) is 0 Å². The quantitative estimate of drug-likeness (QED) is 0.561. The fourth-order valence-electron chi connectivity index (χ4n) is 1.48. The molecule has 0 aliphatic rings. The summed E-state index contributed by atoms with van der Waals surface area (Å²) in [6.45, 7) is 14.6. The first-order valence-electron chi connectivity index (χ1n) is 5.90. The molecule has 0 aromatic carbocycles. The van der Waals surface area contributed by atoms with Crippen molar-refractivity contribution in [2.75, 3.05) is 13.6 Å². The summed E-state index contributed by atoms with van der Waals surface area (Å²) in [6.07, 6.45) is 0.485. The number of hydrogen-bond donors (Lipinski definition) is 1. The van der Waals surface area contributed by atoms with Crippen molar-refractivity contribution in [3.63, 3.8) is 0 Å². The Morgan fingerprint density at radius 3 is 2.00 bits per heavy atom. The fourth-order valence-corrected chi connectivity index (χ4v) is 3.61. The molecule has 1 N–H and O–H groups in total. The van der Waals surface area contributed by atoms with Gasteiger partial charge >= 0.3 is 102 Å². The van der Waals surface area contributed by atoms with Gasteiger partial charge in [-0.15, -0.1) is 0 Å². The van der Waals surface area contributed by atoms with Crippen molar-refractivity contribution in [2.45, 2.75) is 59.8 Å². The molecule has 0 saturated carbocycles. The molecule has 3 nitrogen and oxygen atoms in total. The molecule has 2 radical (unpaired) electrons. The van der Waals surface area contributed by atoms with Gasteiger partial charge in [0.05, 0.1) is 0 Å². The van der Waals surface area contributed by atoms with Crippen molar-refractivity contribution >= 4 is 15.9 Å². The van der Waals surface area contributed by atoms with Crippen LogP contribution in [0.5, 0.6) is 0 Å². The van der Waals surface area contributed by atoms with Crippen molar-refractivity contribution in [3.8, 4) is 0 Å². The molecule has 1 unspecified atom stereocenters. The minimum atomic E-state index is -0.153. The van der Waals surface area contributed by atoms with Crippen LogP contribution in [-0.2, 0) is 0 Å². The SMILES string of the molecule is CC[N](C)[Ge][N](C(C)C)C(C)NC(C)C. The average Bonchev–Trinajstić information content (AvgIpc) is 2.11. The molecule has 0 bridgehead atoms. The van der Waals surface area contributed by atoms with Crippen molar-refractivity contribution in [1.29, 1.82) is 0 Å². The number of hydrogen-bond acceptors (Lipinski definition) is 3. The van der Waals surface area contributed by atoms with Crippen molar-refractivity contribution < 1.29 is 0 Å². The molecule has 0 aliphatic heterocycles. The second kappa shape index (κ2) is 7.66. The molecule has 0 amide bonds. The van der Waals surface area contributed by atoms with E-state index >= 15 is 0 Å². The Morgan fingerprint density at radius 2 is 1.67 bits per heavy atom. The Hall–Kier alpha value is 0.423. The molecular weight excluding hydrogens is 247 g/mol. The van der Waals surface area contributed by atoms with Crippen LogP contribution in [0.1, 0.15) is 41.5 Å². The Balaban J connectivity index is 4.25. The summed E-state index contributed by atoms with van der Waals surface area (Å²) in [5.41, 5.74) is 0. The molecule has 0 aromatic rings. The van der Waals surface area contributed by atoms with Gasteiger partial charge in [0.15, 0.2) is 0 Å². The Morgan fingerprint density at radius 1 is 1.13 bits per heavy atom. The molecule has 0 spiro atoms. The molecule has 1 atom stereocenters. The van der Waals surface area contributed by atoms with Gasteiger partial charge in [-0.05, 0) is 0 Å². The Kier molecular flexibility index (Phi) is 7.87. The molecule has 0 fully saturated rings.